The fourth-order valence-electron chi connectivity index (χ4n) is 2.83. The van der Waals surface area contributed by atoms with Gasteiger partial charge in [0.1, 0.15) is 17.2 Å². The number of amides is 1. The summed E-state index contributed by atoms with van der Waals surface area (Å²) in [6, 6.07) is 10.8. The van der Waals surface area contributed by atoms with Gasteiger partial charge >= 0.3 is 6.18 Å². The monoisotopic (exact) mass is 436 g/mol. The number of hydrogen-bond acceptors (Lipinski definition) is 4. The van der Waals surface area contributed by atoms with Crippen molar-refractivity contribution in [2.45, 2.75) is 46.9 Å². The lowest BCUT2D eigenvalue weighted by molar-refractivity contribution is -0.137. The zero-order chi connectivity index (χ0) is 23.2. The van der Waals surface area contributed by atoms with Crippen LogP contribution in [0.4, 0.5) is 13.2 Å². The summed E-state index contributed by atoms with van der Waals surface area (Å²) in [5.74, 6) is 1.20. The summed E-state index contributed by atoms with van der Waals surface area (Å²) in [5.41, 5.74) is 2.70. The van der Waals surface area contributed by atoms with Crippen LogP contribution >= 0.6 is 0 Å². The number of ether oxygens (including phenoxy) is 2. The third-order valence-corrected chi connectivity index (χ3v) is 4.40. The molecule has 0 bridgehead atoms. The van der Waals surface area contributed by atoms with Crippen LogP contribution in [0.25, 0.3) is 0 Å². The van der Waals surface area contributed by atoms with Crippen molar-refractivity contribution in [2.24, 2.45) is 16.9 Å². The maximum Gasteiger partial charge on any atom is 0.416 e. The van der Waals surface area contributed by atoms with Gasteiger partial charge in [0, 0.05) is 5.71 Å². The van der Waals surface area contributed by atoms with Crippen LogP contribution in [0, 0.1) is 11.8 Å². The molecule has 0 saturated carbocycles. The molecule has 0 radical (unpaired) electrons. The van der Waals surface area contributed by atoms with E-state index in [1.165, 1.54) is 12.1 Å². The first-order chi connectivity index (χ1) is 14.5. The van der Waals surface area contributed by atoms with Gasteiger partial charge in [-0.05, 0) is 67.3 Å². The number of alkyl halides is 3. The normalized spacial score (nSPS) is 12.5. The van der Waals surface area contributed by atoms with Gasteiger partial charge in [0.15, 0.2) is 6.10 Å². The average molecular weight is 436 g/mol. The Kier molecular flexibility index (Phi) is 8.08. The third kappa shape index (κ3) is 7.31. The molecular formula is C23H27F3N2O3. The third-order valence-electron chi connectivity index (χ3n) is 4.40. The molecule has 31 heavy (non-hydrogen) atoms. The van der Waals surface area contributed by atoms with Gasteiger partial charge in [-0.2, -0.15) is 18.3 Å². The fraction of sp³-hybridized carbons (Fsp3) is 0.391. The van der Waals surface area contributed by atoms with Crippen molar-refractivity contribution in [3.8, 4) is 17.2 Å². The smallest absolute Gasteiger partial charge is 0.416 e. The molecule has 1 atom stereocenters. The van der Waals surface area contributed by atoms with Gasteiger partial charge in [0.05, 0.1) is 5.56 Å². The van der Waals surface area contributed by atoms with E-state index in [4.69, 9.17) is 9.47 Å². The molecule has 0 spiro atoms. The molecular weight excluding hydrogens is 409 g/mol. The Bertz CT molecular complexity index is 880. The van der Waals surface area contributed by atoms with Crippen molar-refractivity contribution in [3.63, 3.8) is 0 Å². The van der Waals surface area contributed by atoms with Crippen LogP contribution in [0.1, 0.15) is 40.2 Å². The van der Waals surface area contributed by atoms with Gasteiger partial charge < -0.3 is 9.47 Å². The zero-order valence-electron chi connectivity index (χ0n) is 18.2. The van der Waals surface area contributed by atoms with Gasteiger partial charge in [-0.25, -0.2) is 5.43 Å². The molecule has 1 N–H and O–H groups in total. The maximum atomic E-state index is 12.6. The van der Waals surface area contributed by atoms with E-state index in [9.17, 15) is 18.0 Å². The highest BCUT2D eigenvalue weighted by Gasteiger charge is 2.30. The Hall–Kier alpha value is -3.03. The largest absolute Gasteiger partial charge is 0.481 e. The van der Waals surface area contributed by atoms with Gasteiger partial charge in [0.2, 0.25) is 0 Å². The predicted octanol–water partition coefficient (Wildman–Crippen LogP) is 6.05. The number of carbonyl (C=O) groups excluding carboxylic acids is 1. The van der Waals surface area contributed by atoms with E-state index in [0.29, 0.717) is 11.5 Å². The molecule has 0 aliphatic heterocycles. The molecule has 168 valence electrons. The van der Waals surface area contributed by atoms with Gasteiger partial charge in [-0.3, -0.25) is 4.79 Å². The first-order valence-electron chi connectivity index (χ1n) is 9.96. The van der Waals surface area contributed by atoms with Crippen LogP contribution < -0.4 is 14.9 Å². The first kappa shape index (κ1) is 24.2. The van der Waals surface area contributed by atoms with E-state index in [0.717, 1.165) is 17.8 Å². The number of hydrogen-bond donors (Lipinski definition) is 1. The molecule has 2 aromatic carbocycles. The second-order valence-corrected chi connectivity index (χ2v) is 7.68. The van der Waals surface area contributed by atoms with E-state index in [1.807, 2.05) is 27.7 Å². The van der Waals surface area contributed by atoms with Crippen molar-refractivity contribution in [3.05, 3.63) is 54.1 Å². The summed E-state index contributed by atoms with van der Waals surface area (Å²) in [4.78, 5) is 12.3. The molecule has 0 aromatic heterocycles. The average Bonchev–Trinajstić information content (AvgIpc) is 2.68. The quantitative estimate of drug-likeness (QED) is 0.405. The molecule has 0 aliphatic carbocycles. The van der Waals surface area contributed by atoms with E-state index < -0.39 is 17.8 Å². The second-order valence-electron chi connectivity index (χ2n) is 7.68. The number of halogens is 3. The summed E-state index contributed by atoms with van der Waals surface area (Å²) in [7, 11) is 0. The molecule has 0 heterocycles. The Labute approximate surface area is 180 Å². The fourth-order valence-corrected chi connectivity index (χ4v) is 2.83. The molecule has 0 saturated heterocycles. The summed E-state index contributed by atoms with van der Waals surface area (Å²) in [5, 5.41) is 4.21. The highest BCUT2D eigenvalue weighted by molar-refractivity contribution is 5.89. The Morgan fingerprint density at radius 3 is 1.74 bits per heavy atom. The molecule has 5 nitrogen and oxygen atoms in total. The first-order valence-corrected chi connectivity index (χ1v) is 9.96. The molecule has 1 unspecified atom stereocenters. The summed E-state index contributed by atoms with van der Waals surface area (Å²) in [6.07, 6.45) is -5.16. The molecule has 0 fully saturated rings. The van der Waals surface area contributed by atoms with Crippen molar-refractivity contribution in [1.82, 2.24) is 5.43 Å². The SMILES string of the molecule is CC(C)C(=NNC(=O)C(C)Oc1ccc(Oc2ccc(C(F)(F)F)cc2)cc1)C(C)C. The van der Waals surface area contributed by atoms with Crippen molar-refractivity contribution >= 4 is 11.6 Å². The lowest BCUT2D eigenvalue weighted by Gasteiger charge is -2.16. The van der Waals surface area contributed by atoms with Crippen molar-refractivity contribution in [1.29, 1.82) is 0 Å². The molecule has 2 aromatic rings. The van der Waals surface area contributed by atoms with Crippen LogP contribution in [-0.4, -0.2) is 17.7 Å². The highest BCUT2D eigenvalue weighted by Crippen LogP contribution is 2.31. The lowest BCUT2D eigenvalue weighted by Crippen LogP contribution is -2.35. The number of carbonyl (C=O) groups is 1. The van der Waals surface area contributed by atoms with Crippen LogP contribution in [0.5, 0.6) is 17.2 Å². The Balaban J connectivity index is 1.94. The van der Waals surface area contributed by atoms with Crippen LogP contribution in [0.3, 0.4) is 0 Å². The molecule has 1 amide bonds. The number of rotatable bonds is 8. The number of hydrazone groups is 1. The Morgan fingerprint density at radius 1 is 0.839 bits per heavy atom. The van der Waals surface area contributed by atoms with E-state index in [2.05, 4.69) is 10.5 Å². The van der Waals surface area contributed by atoms with Crippen LogP contribution in [0.15, 0.2) is 53.6 Å². The predicted molar refractivity (Wildman–Crippen MR) is 113 cm³/mol. The van der Waals surface area contributed by atoms with E-state index in [-0.39, 0.29) is 23.5 Å². The van der Waals surface area contributed by atoms with Crippen LogP contribution in [0.2, 0.25) is 0 Å². The second kappa shape index (κ2) is 10.3. The maximum absolute atomic E-state index is 12.6. The topological polar surface area (TPSA) is 59.9 Å². The number of nitrogens with zero attached hydrogens (tertiary/aromatic N) is 1. The van der Waals surface area contributed by atoms with Gasteiger partial charge in [0.25, 0.3) is 5.91 Å². The minimum Gasteiger partial charge on any atom is -0.481 e. The summed E-state index contributed by atoms with van der Waals surface area (Å²) < 4.78 is 49.0. The minimum absolute atomic E-state index is 0.216. The van der Waals surface area contributed by atoms with E-state index >= 15 is 0 Å². The van der Waals surface area contributed by atoms with Crippen molar-refractivity contribution < 1.29 is 27.4 Å². The molecule has 8 heteroatoms. The number of benzene rings is 2. The lowest BCUT2D eigenvalue weighted by atomic mass is 9.98. The summed E-state index contributed by atoms with van der Waals surface area (Å²) in [6.45, 7) is 9.67. The molecule has 0 aliphatic rings. The summed E-state index contributed by atoms with van der Waals surface area (Å²) >= 11 is 0. The van der Waals surface area contributed by atoms with Crippen LogP contribution in [-0.2, 0) is 11.0 Å². The van der Waals surface area contributed by atoms with E-state index in [1.54, 1.807) is 31.2 Å². The van der Waals surface area contributed by atoms with Gasteiger partial charge in [-0.15, -0.1) is 0 Å². The minimum atomic E-state index is -4.39. The zero-order valence-corrected chi connectivity index (χ0v) is 18.2. The Morgan fingerprint density at radius 2 is 1.29 bits per heavy atom. The van der Waals surface area contributed by atoms with Crippen molar-refractivity contribution in [2.75, 3.05) is 0 Å². The number of nitrogens with one attached hydrogen (secondary N) is 1. The van der Waals surface area contributed by atoms with Gasteiger partial charge in [-0.1, -0.05) is 27.7 Å². The highest BCUT2D eigenvalue weighted by atomic mass is 19.4. The standard InChI is InChI=1S/C23H27F3N2O3/c1-14(2)21(15(3)4)27-28-22(29)16(5)30-18-10-12-20(13-11-18)31-19-8-6-17(7-9-19)23(24,25)26/h6-16H,1-5H3,(H,28,29). The molecule has 2 rings (SSSR count).